The van der Waals surface area contributed by atoms with E-state index in [0.29, 0.717) is 23.2 Å². The first-order valence-electron chi connectivity index (χ1n) is 6.99. The molecule has 0 bridgehead atoms. The maximum absolute atomic E-state index is 11.3. The molecule has 6 heteroatoms. The van der Waals surface area contributed by atoms with Crippen LogP contribution >= 0.6 is 0 Å². The normalized spacial score (nSPS) is 10.5. The van der Waals surface area contributed by atoms with E-state index in [0.717, 1.165) is 11.1 Å². The lowest BCUT2D eigenvalue weighted by Crippen LogP contribution is -2.11. The minimum atomic E-state index is -0.497. The summed E-state index contributed by atoms with van der Waals surface area (Å²) < 4.78 is 1.58. The number of aromatic nitrogens is 3. The van der Waals surface area contributed by atoms with Gasteiger partial charge in [-0.15, -0.1) is 5.10 Å². The van der Waals surface area contributed by atoms with E-state index in [1.54, 1.807) is 28.9 Å². The zero-order valence-electron chi connectivity index (χ0n) is 12.4. The first kappa shape index (κ1) is 14.6. The molecule has 0 aliphatic rings. The summed E-state index contributed by atoms with van der Waals surface area (Å²) in [6.45, 7) is 1.96. The molecule has 1 amide bonds. The quantitative estimate of drug-likeness (QED) is 0.748. The SMILES string of the molecule is Cc1ccccc1-c1c(C=O)nnn1-c1ccc(C(N)=O)cc1. The molecule has 3 aromatic rings. The molecule has 6 nitrogen and oxygen atoms in total. The van der Waals surface area contributed by atoms with Gasteiger partial charge in [-0.2, -0.15) is 0 Å². The number of aldehydes is 1. The van der Waals surface area contributed by atoms with Gasteiger partial charge in [-0.05, 0) is 36.8 Å². The second-order valence-electron chi connectivity index (χ2n) is 5.08. The fraction of sp³-hybridized carbons (Fsp3) is 0.0588. The molecule has 0 fully saturated rings. The minimum absolute atomic E-state index is 0.262. The maximum atomic E-state index is 11.3. The molecule has 0 radical (unpaired) electrons. The number of benzene rings is 2. The van der Waals surface area contributed by atoms with Crippen molar-refractivity contribution in [1.29, 1.82) is 0 Å². The van der Waals surface area contributed by atoms with Gasteiger partial charge in [-0.3, -0.25) is 9.59 Å². The number of nitrogens with two attached hydrogens (primary N) is 1. The lowest BCUT2D eigenvalue weighted by molar-refractivity contribution is 0.1000. The van der Waals surface area contributed by atoms with Crippen molar-refractivity contribution >= 4 is 12.2 Å². The lowest BCUT2D eigenvalue weighted by Gasteiger charge is -2.09. The van der Waals surface area contributed by atoms with Crippen LogP contribution in [0.4, 0.5) is 0 Å². The van der Waals surface area contributed by atoms with Crippen LogP contribution in [0.15, 0.2) is 48.5 Å². The number of amides is 1. The van der Waals surface area contributed by atoms with Crippen LogP contribution in [0.3, 0.4) is 0 Å². The molecule has 0 saturated heterocycles. The Morgan fingerprint density at radius 3 is 2.43 bits per heavy atom. The molecule has 0 spiro atoms. The molecule has 114 valence electrons. The summed E-state index contributed by atoms with van der Waals surface area (Å²) >= 11 is 0. The van der Waals surface area contributed by atoms with Crippen molar-refractivity contribution in [3.8, 4) is 16.9 Å². The fourth-order valence-electron chi connectivity index (χ4n) is 2.41. The average molecular weight is 306 g/mol. The average Bonchev–Trinajstić information content (AvgIpc) is 2.99. The third-order valence-electron chi connectivity index (χ3n) is 3.60. The Bertz CT molecular complexity index is 882. The van der Waals surface area contributed by atoms with Crippen molar-refractivity contribution in [1.82, 2.24) is 15.0 Å². The summed E-state index contributed by atoms with van der Waals surface area (Å²) in [6.07, 6.45) is 0.684. The number of carbonyl (C=O) groups is 2. The molecular weight excluding hydrogens is 292 g/mol. The van der Waals surface area contributed by atoms with Gasteiger partial charge in [0.15, 0.2) is 12.0 Å². The highest BCUT2D eigenvalue weighted by Crippen LogP contribution is 2.27. The number of primary amides is 1. The van der Waals surface area contributed by atoms with Gasteiger partial charge in [0, 0.05) is 11.1 Å². The van der Waals surface area contributed by atoms with Crippen LogP contribution in [0, 0.1) is 6.92 Å². The minimum Gasteiger partial charge on any atom is -0.366 e. The Labute approximate surface area is 132 Å². The summed E-state index contributed by atoms with van der Waals surface area (Å²) in [5.74, 6) is -0.497. The number of aryl methyl sites for hydroxylation is 1. The molecule has 0 atom stereocenters. The first-order valence-corrected chi connectivity index (χ1v) is 6.99. The molecule has 23 heavy (non-hydrogen) atoms. The number of rotatable bonds is 4. The Hall–Kier alpha value is -3.28. The summed E-state index contributed by atoms with van der Waals surface area (Å²) in [7, 11) is 0. The van der Waals surface area contributed by atoms with E-state index in [1.165, 1.54) is 0 Å². The summed E-state index contributed by atoms with van der Waals surface area (Å²) in [5.41, 5.74) is 9.10. The van der Waals surface area contributed by atoms with Gasteiger partial charge < -0.3 is 5.73 Å². The number of hydrogen-bond acceptors (Lipinski definition) is 4. The third-order valence-corrected chi connectivity index (χ3v) is 3.60. The van der Waals surface area contributed by atoms with Crippen molar-refractivity contribution in [2.24, 2.45) is 5.73 Å². The van der Waals surface area contributed by atoms with Gasteiger partial charge in [-0.1, -0.05) is 29.5 Å². The van der Waals surface area contributed by atoms with Gasteiger partial charge in [-0.25, -0.2) is 4.68 Å². The van der Waals surface area contributed by atoms with Crippen LogP contribution in [-0.2, 0) is 0 Å². The Balaban J connectivity index is 2.18. The van der Waals surface area contributed by atoms with Crippen molar-refractivity contribution in [2.45, 2.75) is 6.92 Å². The van der Waals surface area contributed by atoms with Crippen molar-refractivity contribution in [3.63, 3.8) is 0 Å². The summed E-state index contributed by atoms with van der Waals surface area (Å²) in [4.78, 5) is 22.5. The van der Waals surface area contributed by atoms with Gasteiger partial charge >= 0.3 is 0 Å². The molecule has 1 heterocycles. The highest BCUT2D eigenvalue weighted by molar-refractivity contribution is 5.93. The van der Waals surface area contributed by atoms with Crippen molar-refractivity contribution < 1.29 is 9.59 Å². The standard InChI is InChI=1S/C17H14N4O2/c1-11-4-2-3-5-14(11)16-15(10-22)19-20-21(16)13-8-6-12(7-9-13)17(18)23/h2-10H,1H3,(H2,18,23). The zero-order chi connectivity index (χ0) is 16.4. The Morgan fingerprint density at radius 2 is 1.83 bits per heavy atom. The Kier molecular flexibility index (Phi) is 3.72. The molecule has 0 aliphatic carbocycles. The Morgan fingerprint density at radius 1 is 1.13 bits per heavy atom. The number of carbonyl (C=O) groups excluding carboxylic acids is 2. The smallest absolute Gasteiger partial charge is 0.248 e. The van der Waals surface area contributed by atoms with Crippen LogP contribution in [0.2, 0.25) is 0 Å². The predicted octanol–water partition coefficient (Wildman–Crippen LogP) is 2.15. The third kappa shape index (κ3) is 2.62. The van der Waals surface area contributed by atoms with E-state index >= 15 is 0 Å². The van der Waals surface area contributed by atoms with Crippen LogP contribution in [0.5, 0.6) is 0 Å². The molecule has 1 aromatic heterocycles. The fourth-order valence-corrected chi connectivity index (χ4v) is 2.41. The molecule has 0 aliphatic heterocycles. The van der Waals surface area contributed by atoms with Crippen LogP contribution in [0.1, 0.15) is 26.4 Å². The largest absolute Gasteiger partial charge is 0.366 e. The second-order valence-corrected chi connectivity index (χ2v) is 5.08. The maximum Gasteiger partial charge on any atom is 0.248 e. The predicted molar refractivity (Wildman–Crippen MR) is 85.4 cm³/mol. The van der Waals surface area contributed by atoms with E-state index in [2.05, 4.69) is 10.3 Å². The molecule has 0 unspecified atom stereocenters. The summed E-state index contributed by atoms with van der Waals surface area (Å²) in [5, 5.41) is 8.01. The first-order chi connectivity index (χ1) is 11.1. The van der Waals surface area contributed by atoms with Gasteiger partial charge in [0.05, 0.1) is 5.69 Å². The van der Waals surface area contributed by atoms with E-state index in [-0.39, 0.29) is 5.69 Å². The molecule has 0 saturated carbocycles. The van der Waals surface area contributed by atoms with Gasteiger partial charge in [0.2, 0.25) is 5.91 Å². The van der Waals surface area contributed by atoms with E-state index < -0.39 is 5.91 Å². The molecule has 2 aromatic carbocycles. The summed E-state index contributed by atoms with van der Waals surface area (Å²) in [6, 6.07) is 14.3. The van der Waals surface area contributed by atoms with Crippen LogP contribution in [-0.4, -0.2) is 27.2 Å². The van der Waals surface area contributed by atoms with E-state index in [1.807, 2.05) is 31.2 Å². The number of nitrogens with zero attached hydrogens (tertiary/aromatic N) is 3. The second kappa shape index (κ2) is 5.84. The molecule has 3 rings (SSSR count). The lowest BCUT2D eigenvalue weighted by atomic mass is 10.0. The molecular formula is C17H14N4O2. The highest BCUT2D eigenvalue weighted by Gasteiger charge is 2.17. The van der Waals surface area contributed by atoms with Crippen molar-refractivity contribution in [3.05, 3.63) is 65.4 Å². The highest BCUT2D eigenvalue weighted by atomic mass is 16.1. The van der Waals surface area contributed by atoms with Gasteiger partial charge in [0.1, 0.15) is 5.69 Å². The monoisotopic (exact) mass is 306 g/mol. The van der Waals surface area contributed by atoms with Crippen molar-refractivity contribution in [2.75, 3.05) is 0 Å². The number of hydrogen-bond donors (Lipinski definition) is 1. The zero-order valence-corrected chi connectivity index (χ0v) is 12.4. The van der Waals surface area contributed by atoms with Crippen LogP contribution in [0.25, 0.3) is 16.9 Å². The topological polar surface area (TPSA) is 90.9 Å². The van der Waals surface area contributed by atoms with Crippen LogP contribution < -0.4 is 5.73 Å². The van der Waals surface area contributed by atoms with E-state index in [4.69, 9.17) is 5.73 Å². The molecule has 2 N–H and O–H groups in total. The van der Waals surface area contributed by atoms with E-state index in [9.17, 15) is 9.59 Å². The van der Waals surface area contributed by atoms with Gasteiger partial charge in [0.25, 0.3) is 0 Å².